The van der Waals surface area contributed by atoms with Gasteiger partial charge in [-0.1, -0.05) is 104 Å². The third-order valence-corrected chi connectivity index (χ3v) is 6.57. The van der Waals surface area contributed by atoms with Gasteiger partial charge >= 0.3 is 5.97 Å². The molecule has 0 aromatic carbocycles. The number of esters is 1. The number of rotatable bonds is 26. The summed E-state index contributed by atoms with van der Waals surface area (Å²) in [5.74, 6) is -0.805. The molecule has 0 radical (unpaired) electrons. The van der Waals surface area contributed by atoms with Crippen LogP contribution in [0.25, 0.3) is 0 Å². The van der Waals surface area contributed by atoms with Crippen LogP contribution in [0.1, 0.15) is 117 Å². The zero-order chi connectivity index (χ0) is 27.1. The second kappa shape index (κ2) is 22.6. The molecule has 0 fully saturated rings. The smallest absolute Gasteiger partial charge is 0.378 e. The van der Waals surface area contributed by atoms with Crippen LogP contribution in [-0.2, 0) is 23.7 Å². The van der Waals surface area contributed by atoms with E-state index in [0.29, 0.717) is 13.2 Å². The normalized spacial score (nSPS) is 17.2. The van der Waals surface area contributed by atoms with Gasteiger partial charge in [0.1, 0.15) is 18.8 Å². The Morgan fingerprint density at radius 3 is 1.78 bits per heavy atom. The maximum absolute atomic E-state index is 12.3. The number of hydrogen-bond acceptors (Lipinski definition) is 8. The summed E-state index contributed by atoms with van der Waals surface area (Å²) < 4.78 is 22.1. The summed E-state index contributed by atoms with van der Waals surface area (Å²) in [5, 5.41) is 29.7. The minimum absolute atomic E-state index is 0.0197. The fourth-order valence-electron chi connectivity index (χ4n) is 4.28. The Kier molecular flexibility index (Phi) is 20.6. The summed E-state index contributed by atoms with van der Waals surface area (Å²) >= 11 is 0. The molecule has 8 nitrogen and oxygen atoms in total. The highest BCUT2D eigenvalue weighted by molar-refractivity contribution is 5.89. The van der Waals surface area contributed by atoms with Crippen molar-refractivity contribution in [3.63, 3.8) is 0 Å². The Balaban J connectivity index is 2.30. The summed E-state index contributed by atoms with van der Waals surface area (Å²) in [6, 6.07) is 0. The van der Waals surface area contributed by atoms with Gasteiger partial charge in [0.25, 0.3) is 0 Å². The highest BCUT2D eigenvalue weighted by Gasteiger charge is 2.42. The van der Waals surface area contributed by atoms with Crippen molar-refractivity contribution >= 4 is 5.97 Å². The molecule has 8 heteroatoms. The number of aliphatic hydroxyl groups is 3. The molecule has 1 aliphatic rings. The molecule has 1 heterocycles. The van der Waals surface area contributed by atoms with Crippen LogP contribution >= 0.6 is 0 Å². The van der Waals surface area contributed by atoms with E-state index in [1.807, 2.05) is 0 Å². The third kappa shape index (κ3) is 15.6. The quantitative estimate of drug-likeness (QED) is 0.104. The average Bonchev–Trinajstić information content (AvgIpc) is 3.21. The highest BCUT2D eigenvalue weighted by atomic mass is 16.6. The van der Waals surface area contributed by atoms with Crippen molar-refractivity contribution in [2.75, 3.05) is 33.0 Å². The average molecular weight is 531 g/mol. The van der Waals surface area contributed by atoms with E-state index in [2.05, 4.69) is 13.8 Å². The third-order valence-electron chi connectivity index (χ3n) is 6.57. The first kappa shape index (κ1) is 33.7. The number of unbranched alkanes of at least 4 members (excludes halogenated alkanes) is 14. The Bertz CT molecular complexity index is 594. The van der Waals surface area contributed by atoms with Crippen molar-refractivity contribution < 1.29 is 39.1 Å². The number of carbonyl (C=O) groups is 1. The number of aliphatic hydroxyl groups excluding tert-OH is 3. The zero-order valence-electron chi connectivity index (χ0n) is 23.5. The van der Waals surface area contributed by atoms with Crippen molar-refractivity contribution in [1.82, 2.24) is 0 Å². The highest BCUT2D eigenvalue weighted by Crippen LogP contribution is 2.28. The lowest BCUT2D eigenvalue weighted by Gasteiger charge is -2.20. The van der Waals surface area contributed by atoms with E-state index in [1.165, 1.54) is 70.6 Å². The minimum Gasteiger partial charge on any atom is -0.487 e. The molecule has 3 atom stereocenters. The lowest BCUT2D eigenvalue weighted by Crippen LogP contribution is -2.33. The molecule has 0 saturated heterocycles. The van der Waals surface area contributed by atoms with Crippen LogP contribution in [0, 0.1) is 0 Å². The van der Waals surface area contributed by atoms with E-state index < -0.39 is 30.9 Å². The second-order valence-corrected chi connectivity index (χ2v) is 10.1. The predicted molar refractivity (Wildman–Crippen MR) is 144 cm³/mol. The summed E-state index contributed by atoms with van der Waals surface area (Å²) in [6.07, 6.45) is 15.6. The maximum atomic E-state index is 12.3. The molecule has 37 heavy (non-hydrogen) atoms. The van der Waals surface area contributed by atoms with E-state index in [0.717, 1.165) is 32.1 Å². The lowest BCUT2D eigenvalue weighted by atomic mass is 10.1. The molecule has 3 N–H and O–H groups in total. The molecule has 0 aliphatic carbocycles. The predicted octanol–water partition coefficient (Wildman–Crippen LogP) is 5.17. The molecule has 0 saturated carbocycles. The SMILES string of the molecule is CCCCCCCCCCCCOCC(O)COC1=C(OCCCCCCCC)C(=O)O[C@@H]1[C@@H](O)CO. The van der Waals surface area contributed by atoms with Crippen molar-refractivity contribution in [2.45, 2.75) is 135 Å². The molecule has 1 aliphatic heterocycles. The molecular weight excluding hydrogens is 476 g/mol. The van der Waals surface area contributed by atoms with Crippen LogP contribution in [-0.4, -0.2) is 72.6 Å². The van der Waals surface area contributed by atoms with Crippen LogP contribution in [0.5, 0.6) is 0 Å². The minimum atomic E-state index is -1.33. The summed E-state index contributed by atoms with van der Waals surface area (Å²) in [6.45, 7) is 4.69. The van der Waals surface area contributed by atoms with E-state index in [9.17, 15) is 20.1 Å². The van der Waals surface area contributed by atoms with Gasteiger partial charge in [-0.2, -0.15) is 0 Å². The Morgan fingerprint density at radius 2 is 1.24 bits per heavy atom. The number of carbonyl (C=O) groups excluding carboxylic acids is 1. The summed E-state index contributed by atoms with van der Waals surface area (Å²) in [5.41, 5.74) is 0. The van der Waals surface area contributed by atoms with E-state index in [-0.39, 0.29) is 24.7 Å². The van der Waals surface area contributed by atoms with Crippen molar-refractivity contribution in [3.05, 3.63) is 11.5 Å². The zero-order valence-corrected chi connectivity index (χ0v) is 23.5. The van der Waals surface area contributed by atoms with E-state index in [1.54, 1.807) is 0 Å². The van der Waals surface area contributed by atoms with Crippen molar-refractivity contribution in [2.24, 2.45) is 0 Å². The first-order valence-corrected chi connectivity index (χ1v) is 14.8. The molecule has 0 aromatic rings. The molecule has 0 amide bonds. The van der Waals surface area contributed by atoms with Gasteiger partial charge < -0.3 is 34.3 Å². The van der Waals surface area contributed by atoms with Crippen LogP contribution in [0.2, 0.25) is 0 Å². The van der Waals surface area contributed by atoms with Crippen LogP contribution in [0.4, 0.5) is 0 Å². The number of cyclic esters (lactones) is 1. The molecule has 1 rings (SSSR count). The van der Waals surface area contributed by atoms with Gasteiger partial charge in [-0.15, -0.1) is 0 Å². The molecule has 218 valence electrons. The van der Waals surface area contributed by atoms with Crippen LogP contribution < -0.4 is 0 Å². The monoisotopic (exact) mass is 530 g/mol. The Labute approximate surface area is 224 Å². The topological polar surface area (TPSA) is 115 Å². The molecule has 0 spiro atoms. The van der Waals surface area contributed by atoms with Gasteiger partial charge in [-0.25, -0.2) is 4.79 Å². The van der Waals surface area contributed by atoms with E-state index >= 15 is 0 Å². The van der Waals surface area contributed by atoms with Gasteiger partial charge in [0.15, 0.2) is 11.9 Å². The van der Waals surface area contributed by atoms with Crippen LogP contribution in [0.15, 0.2) is 11.5 Å². The number of ether oxygens (including phenoxy) is 4. The standard InChI is InChI=1S/C29H54O8/c1-3-5-7-9-11-12-13-14-15-17-19-34-22-24(31)23-36-27-26(25(32)21-30)37-29(33)28(27)35-20-18-16-10-8-6-4-2/h24-26,30-32H,3-23H2,1-2H3/t24?,25-,26+/m0/s1. The van der Waals surface area contributed by atoms with Gasteiger partial charge in [0.2, 0.25) is 5.76 Å². The molecule has 1 unspecified atom stereocenters. The van der Waals surface area contributed by atoms with Gasteiger partial charge in [0.05, 0.1) is 19.8 Å². The van der Waals surface area contributed by atoms with Crippen molar-refractivity contribution in [1.29, 1.82) is 0 Å². The lowest BCUT2D eigenvalue weighted by molar-refractivity contribution is -0.149. The first-order chi connectivity index (χ1) is 18.0. The van der Waals surface area contributed by atoms with Gasteiger partial charge in [-0.3, -0.25) is 0 Å². The van der Waals surface area contributed by atoms with Gasteiger partial charge in [0, 0.05) is 6.61 Å². The van der Waals surface area contributed by atoms with Crippen molar-refractivity contribution in [3.8, 4) is 0 Å². The van der Waals surface area contributed by atoms with Gasteiger partial charge in [-0.05, 0) is 12.8 Å². The number of hydrogen-bond donors (Lipinski definition) is 3. The largest absolute Gasteiger partial charge is 0.487 e. The fourth-order valence-corrected chi connectivity index (χ4v) is 4.28. The Morgan fingerprint density at radius 1 is 0.730 bits per heavy atom. The Hall–Kier alpha value is -1.35. The maximum Gasteiger partial charge on any atom is 0.378 e. The molecular formula is C29H54O8. The van der Waals surface area contributed by atoms with E-state index in [4.69, 9.17) is 18.9 Å². The summed E-state index contributed by atoms with van der Waals surface area (Å²) in [7, 11) is 0. The first-order valence-electron chi connectivity index (χ1n) is 14.8. The molecule has 0 aromatic heterocycles. The second-order valence-electron chi connectivity index (χ2n) is 10.1. The fraction of sp³-hybridized carbons (Fsp3) is 0.897. The molecule has 0 bridgehead atoms. The van der Waals surface area contributed by atoms with Crippen LogP contribution in [0.3, 0.4) is 0 Å². The summed E-state index contributed by atoms with van der Waals surface area (Å²) in [4.78, 5) is 12.3.